The lowest BCUT2D eigenvalue weighted by Gasteiger charge is -2.25. The summed E-state index contributed by atoms with van der Waals surface area (Å²) in [5.41, 5.74) is 5.88. The summed E-state index contributed by atoms with van der Waals surface area (Å²) in [7, 11) is 1.63. The topological polar surface area (TPSA) is 64.3 Å². The number of primary amides is 1. The van der Waals surface area contributed by atoms with Gasteiger partial charge in [-0.25, -0.2) is 0 Å². The summed E-state index contributed by atoms with van der Waals surface area (Å²) in [4.78, 5) is 11.0. The second kappa shape index (κ2) is 6.72. The maximum absolute atomic E-state index is 11.0. The number of halogens is 2. The summed E-state index contributed by atoms with van der Waals surface area (Å²) in [5, 5.41) is 3.31. The Bertz CT molecular complexity index is 476. The molecule has 0 aliphatic rings. The van der Waals surface area contributed by atoms with Crippen LogP contribution >= 0.6 is 31.9 Å². The third kappa shape index (κ3) is 5.12. The van der Waals surface area contributed by atoms with Gasteiger partial charge in [-0.1, -0.05) is 15.9 Å². The quantitative estimate of drug-likeness (QED) is 0.780. The minimum atomic E-state index is -0.356. The van der Waals surface area contributed by atoms with E-state index in [0.29, 0.717) is 6.54 Å². The third-order valence-electron chi connectivity index (χ3n) is 2.66. The van der Waals surface area contributed by atoms with Crippen molar-refractivity contribution in [2.45, 2.75) is 32.4 Å². The van der Waals surface area contributed by atoms with Gasteiger partial charge in [-0.15, -0.1) is 0 Å². The molecule has 19 heavy (non-hydrogen) atoms. The van der Waals surface area contributed by atoms with E-state index in [1.54, 1.807) is 7.11 Å². The largest absolute Gasteiger partial charge is 0.495 e. The first-order valence-electron chi connectivity index (χ1n) is 5.80. The molecule has 3 N–H and O–H groups in total. The van der Waals surface area contributed by atoms with Gasteiger partial charge >= 0.3 is 0 Å². The maximum Gasteiger partial charge on any atom is 0.219 e. The van der Waals surface area contributed by atoms with Crippen LogP contribution in [0.5, 0.6) is 5.75 Å². The van der Waals surface area contributed by atoms with Gasteiger partial charge in [-0.05, 0) is 41.9 Å². The molecule has 0 saturated heterocycles. The second-order valence-corrected chi connectivity index (χ2v) is 6.73. The van der Waals surface area contributed by atoms with E-state index in [1.807, 2.05) is 26.0 Å². The summed E-state index contributed by atoms with van der Waals surface area (Å²) in [6, 6.07) is 3.91. The van der Waals surface area contributed by atoms with Crippen LogP contribution in [0.15, 0.2) is 21.1 Å². The molecule has 4 nitrogen and oxygen atoms in total. The number of nitrogens with two attached hydrogens (primary N) is 1. The highest BCUT2D eigenvalue weighted by Crippen LogP contribution is 2.32. The Morgan fingerprint density at radius 2 is 2.05 bits per heavy atom. The molecule has 1 rings (SSSR count). The fourth-order valence-corrected chi connectivity index (χ4v) is 3.28. The standard InChI is InChI=1S/C13H18Br2N2O2/c1-13(2,6-11(16)18)17-7-8-4-9(14)5-10(15)12(8)19-3/h4-5,17H,6-7H2,1-3H3,(H2,16,18). The van der Waals surface area contributed by atoms with Gasteiger partial charge in [0.25, 0.3) is 0 Å². The zero-order chi connectivity index (χ0) is 14.6. The van der Waals surface area contributed by atoms with Crippen LogP contribution in [0.3, 0.4) is 0 Å². The number of nitrogens with one attached hydrogen (secondary N) is 1. The Balaban J connectivity index is 2.85. The van der Waals surface area contributed by atoms with E-state index in [9.17, 15) is 4.79 Å². The summed E-state index contributed by atoms with van der Waals surface area (Å²) >= 11 is 6.91. The molecule has 0 radical (unpaired) electrons. The number of rotatable bonds is 6. The van der Waals surface area contributed by atoms with Crippen molar-refractivity contribution in [2.75, 3.05) is 7.11 Å². The number of hydrogen-bond acceptors (Lipinski definition) is 3. The lowest BCUT2D eigenvalue weighted by Crippen LogP contribution is -2.42. The van der Waals surface area contributed by atoms with Gasteiger partial charge in [0.2, 0.25) is 5.91 Å². The van der Waals surface area contributed by atoms with Crippen molar-refractivity contribution in [3.63, 3.8) is 0 Å². The smallest absolute Gasteiger partial charge is 0.219 e. The Kier molecular flexibility index (Phi) is 5.82. The molecule has 1 amide bonds. The normalized spacial score (nSPS) is 11.4. The van der Waals surface area contributed by atoms with Gasteiger partial charge in [-0.3, -0.25) is 4.79 Å². The van der Waals surface area contributed by atoms with E-state index in [4.69, 9.17) is 10.5 Å². The highest BCUT2D eigenvalue weighted by atomic mass is 79.9. The SMILES string of the molecule is COc1c(Br)cc(Br)cc1CNC(C)(C)CC(N)=O. The number of methoxy groups -OCH3 is 1. The summed E-state index contributed by atoms with van der Waals surface area (Å²) < 4.78 is 7.22. The minimum Gasteiger partial charge on any atom is -0.495 e. The van der Waals surface area contributed by atoms with E-state index in [1.165, 1.54) is 0 Å². The van der Waals surface area contributed by atoms with E-state index in [2.05, 4.69) is 37.2 Å². The van der Waals surface area contributed by atoms with Crippen LogP contribution < -0.4 is 15.8 Å². The molecule has 1 aromatic rings. The lowest BCUT2D eigenvalue weighted by molar-refractivity contribution is -0.119. The van der Waals surface area contributed by atoms with E-state index < -0.39 is 0 Å². The van der Waals surface area contributed by atoms with E-state index in [0.717, 1.165) is 20.3 Å². The molecule has 0 unspecified atom stereocenters. The van der Waals surface area contributed by atoms with Crippen LogP contribution in [0.25, 0.3) is 0 Å². The molecule has 0 fully saturated rings. The fourth-order valence-electron chi connectivity index (χ4n) is 1.81. The van der Waals surface area contributed by atoms with Crippen molar-refractivity contribution in [1.82, 2.24) is 5.32 Å². The molecule has 0 bridgehead atoms. The van der Waals surface area contributed by atoms with E-state index in [-0.39, 0.29) is 17.9 Å². The van der Waals surface area contributed by atoms with Crippen LogP contribution in [0.1, 0.15) is 25.8 Å². The molecule has 1 aromatic carbocycles. The number of benzene rings is 1. The molecule has 0 aromatic heterocycles. The monoisotopic (exact) mass is 392 g/mol. The van der Waals surface area contributed by atoms with Crippen molar-refractivity contribution in [3.05, 3.63) is 26.6 Å². The number of ether oxygens (including phenoxy) is 1. The molecular formula is C13H18Br2N2O2. The molecule has 0 spiro atoms. The van der Waals surface area contributed by atoms with Gasteiger partial charge in [0.1, 0.15) is 5.75 Å². The number of amides is 1. The first-order valence-corrected chi connectivity index (χ1v) is 7.39. The molecule has 0 aliphatic heterocycles. The zero-order valence-corrected chi connectivity index (χ0v) is 14.4. The van der Waals surface area contributed by atoms with Gasteiger partial charge in [0.15, 0.2) is 0 Å². The molecule has 0 saturated carbocycles. The van der Waals surface area contributed by atoms with Crippen molar-refractivity contribution < 1.29 is 9.53 Å². The van der Waals surface area contributed by atoms with Gasteiger partial charge in [0, 0.05) is 28.5 Å². The van der Waals surface area contributed by atoms with Crippen molar-refractivity contribution in [1.29, 1.82) is 0 Å². The predicted octanol–water partition coefficient (Wildman–Crippen LogP) is 2.96. The summed E-state index contributed by atoms with van der Waals surface area (Å²) in [6.07, 6.45) is 0.282. The van der Waals surface area contributed by atoms with E-state index >= 15 is 0 Å². The summed E-state index contributed by atoms with van der Waals surface area (Å²) in [6.45, 7) is 4.47. The van der Waals surface area contributed by atoms with Crippen molar-refractivity contribution in [3.8, 4) is 5.75 Å². The molecule has 0 aliphatic carbocycles. The Morgan fingerprint density at radius 3 is 2.58 bits per heavy atom. The molecule has 106 valence electrons. The second-order valence-electron chi connectivity index (χ2n) is 4.96. The zero-order valence-electron chi connectivity index (χ0n) is 11.2. The molecule has 0 atom stereocenters. The average molecular weight is 394 g/mol. The molecular weight excluding hydrogens is 376 g/mol. The van der Waals surface area contributed by atoms with Gasteiger partial charge in [-0.2, -0.15) is 0 Å². The Hall–Kier alpha value is -0.590. The first kappa shape index (κ1) is 16.5. The van der Waals surface area contributed by atoms with Crippen LogP contribution in [-0.2, 0) is 11.3 Å². The first-order chi connectivity index (χ1) is 8.75. The lowest BCUT2D eigenvalue weighted by atomic mass is 10.00. The van der Waals surface area contributed by atoms with Crippen LogP contribution in [0, 0.1) is 0 Å². The van der Waals surface area contributed by atoms with Gasteiger partial charge < -0.3 is 15.8 Å². The Morgan fingerprint density at radius 1 is 1.42 bits per heavy atom. The third-order valence-corrected chi connectivity index (χ3v) is 3.71. The molecule has 6 heteroatoms. The van der Waals surface area contributed by atoms with Crippen molar-refractivity contribution in [2.24, 2.45) is 5.73 Å². The van der Waals surface area contributed by atoms with Crippen LogP contribution in [-0.4, -0.2) is 18.6 Å². The average Bonchev–Trinajstić information content (AvgIpc) is 2.24. The Labute approximate surface area is 130 Å². The van der Waals surface area contributed by atoms with Crippen molar-refractivity contribution >= 4 is 37.8 Å². The van der Waals surface area contributed by atoms with Crippen LogP contribution in [0.4, 0.5) is 0 Å². The summed E-state index contributed by atoms with van der Waals surface area (Å²) in [5.74, 6) is 0.463. The molecule has 0 heterocycles. The highest BCUT2D eigenvalue weighted by molar-refractivity contribution is 9.11. The minimum absolute atomic E-state index is 0.282. The number of carbonyl (C=O) groups is 1. The maximum atomic E-state index is 11.0. The number of carbonyl (C=O) groups excluding carboxylic acids is 1. The number of hydrogen-bond donors (Lipinski definition) is 2. The van der Waals surface area contributed by atoms with Crippen LogP contribution in [0.2, 0.25) is 0 Å². The van der Waals surface area contributed by atoms with Gasteiger partial charge in [0.05, 0.1) is 11.6 Å². The fraction of sp³-hybridized carbons (Fsp3) is 0.462. The predicted molar refractivity (Wildman–Crippen MR) is 83.1 cm³/mol. The highest BCUT2D eigenvalue weighted by Gasteiger charge is 2.20.